The van der Waals surface area contributed by atoms with Gasteiger partial charge < -0.3 is 11.1 Å². The minimum absolute atomic E-state index is 0.175. The third-order valence-electron chi connectivity index (χ3n) is 1.51. The molecule has 0 spiro atoms. The Balaban J connectivity index is 2.39. The number of nitrogens with zero attached hydrogens (tertiary/aromatic N) is 1. The SMILES string of the molecule is Cc1nc(C(=O)NCCC(N)=S)cs1. The highest BCUT2D eigenvalue weighted by Crippen LogP contribution is 2.07. The number of amides is 1. The zero-order chi connectivity index (χ0) is 10.6. The summed E-state index contributed by atoms with van der Waals surface area (Å²) in [4.78, 5) is 15.8. The van der Waals surface area contributed by atoms with Crippen molar-refractivity contribution in [1.82, 2.24) is 10.3 Å². The van der Waals surface area contributed by atoms with Crippen molar-refractivity contribution < 1.29 is 4.79 Å². The number of aryl methyl sites for hydroxylation is 1. The third-order valence-corrected chi connectivity index (χ3v) is 2.49. The number of carbonyl (C=O) groups is 1. The van der Waals surface area contributed by atoms with Crippen LogP contribution < -0.4 is 11.1 Å². The molecule has 0 fully saturated rings. The molecule has 0 bridgehead atoms. The number of thiazole rings is 1. The Morgan fingerprint density at radius 2 is 2.50 bits per heavy atom. The molecule has 76 valence electrons. The highest BCUT2D eigenvalue weighted by atomic mass is 32.1. The maximum absolute atomic E-state index is 11.4. The van der Waals surface area contributed by atoms with Crippen LogP contribution in [0.4, 0.5) is 0 Å². The maximum atomic E-state index is 11.4. The highest BCUT2D eigenvalue weighted by molar-refractivity contribution is 7.80. The fourth-order valence-corrected chi connectivity index (χ4v) is 1.55. The molecule has 1 rings (SSSR count). The van der Waals surface area contributed by atoms with Gasteiger partial charge in [-0.05, 0) is 6.92 Å². The molecule has 1 heterocycles. The molecule has 4 nitrogen and oxygen atoms in total. The molecule has 1 aromatic heterocycles. The summed E-state index contributed by atoms with van der Waals surface area (Å²) in [5, 5.41) is 5.29. The lowest BCUT2D eigenvalue weighted by molar-refractivity contribution is 0.0950. The van der Waals surface area contributed by atoms with E-state index in [0.717, 1.165) is 5.01 Å². The molecular formula is C8H11N3OS2. The van der Waals surface area contributed by atoms with Crippen LogP contribution in [0.1, 0.15) is 21.9 Å². The van der Waals surface area contributed by atoms with Gasteiger partial charge in [0.15, 0.2) is 0 Å². The van der Waals surface area contributed by atoms with Crippen molar-refractivity contribution in [3.8, 4) is 0 Å². The summed E-state index contributed by atoms with van der Waals surface area (Å²) >= 11 is 6.13. The van der Waals surface area contributed by atoms with Crippen LogP contribution in [0.5, 0.6) is 0 Å². The average Bonchev–Trinajstić information content (AvgIpc) is 2.51. The number of thiocarbonyl (C=S) groups is 1. The molecular weight excluding hydrogens is 218 g/mol. The number of nitrogens with one attached hydrogen (secondary N) is 1. The van der Waals surface area contributed by atoms with Gasteiger partial charge in [0, 0.05) is 18.3 Å². The first kappa shape index (κ1) is 11.1. The van der Waals surface area contributed by atoms with Gasteiger partial charge in [0.1, 0.15) is 5.69 Å². The van der Waals surface area contributed by atoms with Gasteiger partial charge in [-0.2, -0.15) is 0 Å². The first-order chi connectivity index (χ1) is 6.59. The Hall–Kier alpha value is -1.01. The Labute approximate surface area is 91.5 Å². The summed E-state index contributed by atoms with van der Waals surface area (Å²) in [7, 11) is 0. The van der Waals surface area contributed by atoms with Crippen molar-refractivity contribution in [3.63, 3.8) is 0 Å². The van der Waals surface area contributed by atoms with Crippen LogP contribution in [0.2, 0.25) is 0 Å². The number of aromatic nitrogens is 1. The van der Waals surface area contributed by atoms with E-state index in [1.54, 1.807) is 5.38 Å². The first-order valence-electron chi connectivity index (χ1n) is 4.08. The summed E-state index contributed by atoms with van der Waals surface area (Å²) < 4.78 is 0. The molecule has 0 saturated carbocycles. The van der Waals surface area contributed by atoms with E-state index >= 15 is 0 Å². The highest BCUT2D eigenvalue weighted by Gasteiger charge is 2.07. The van der Waals surface area contributed by atoms with E-state index < -0.39 is 0 Å². The number of hydrogen-bond acceptors (Lipinski definition) is 4. The van der Waals surface area contributed by atoms with Crippen LogP contribution in [0.3, 0.4) is 0 Å². The van der Waals surface area contributed by atoms with Gasteiger partial charge >= 0.3 is 0 Å². The van der Waals surface area contributed by atoms with Crippen LogP contribution >= 0.6 is 23.6 Å². The summed E-state index contributed by atoms with van der Waals surface area (Å²) in [5.74, 6) is -0.175. The summed E-state index contributed by atoms with van der Waals surface area (Å²) in [6, 6.07) is 0. The van der Waals surface area contributed by atoms with Gasteiger partial charge in [-0.15, -0.1) is 11.3 Å². The van der Waals surface area contributed by atoms with Crippen LogP contribution in [-0.4, -0.2) is 22.4 Å². The molecule has 0 aliphatic rings. The predicted molar refractivity (Wildman–Crippen MR) is 60.6 cm³/mol. The number of rotatable bonds is 4. The van der Waals surface area contributed by atoms with E-state index in [2.05, 4.69) is 22.5 Å². The van der Waals surface area contributed by atoms with Crippen molar-refractivity contribution in [3.05, 3.63) is 16.1 Å². The largest absolute Gasteiger partial charge is 0.393 e. The number of carbonyl (C=O) groups excluding carboxylic acids is 1. The van der Waals surface area contributed by atoms with Crippen molar-refractivity contribution in [2.75, 3.05) is 6.54 Å². The van der Waals surface area contributed by atoms with Crippen LogP contribution in [-0.2, 0) is 0 Å². The maximum Gasteiger partial charge on any atom is 0.270 e. The molecule has 14 heavy (non-hydrogen) atoms. The topological polar surface area (TPSA) is 68.0 Å². The van der Waals surface area contributed by atoms with Crippen molar-refractivity contribution >= 4 is 34.5 Å². The van der Waals surface area contributed by atoms with Gasteiger partial charge in [-0.25, -0.2) is 4.98 Å². The minimum Gasteiger partial charge on any atom is -0.393 e. The molecule has 0 aromatic carbocycles. The van der Waals surface area contributed by atoms with Crippen LogP contribution in [0.15, 0.2) is 5.38 Å². The van der Waals surface area contributed by atoms with E-state index in [9.17, 15) is 4.79 Å². The van der Waals surface area contributed by atoms with Gasteiger partial charge in [0.25, 0.3) is 5.91 Å². The molecule has 0 saturated heterocycles. The summed E-state index contributed by atoms with van der Waals surface area (Å²) in [6.07, 6.45) is 0.518. The van der Waals surface area contributed by atoms with E-state index in [1.807, 2.05) is 6.92 Å². The molecule has 0 aliphatic carbocycles. The molecule has 1 aromatic rings. The quantitative estimate of drug-likeness (QED) is 0.751. The van der Waals surface area contributed by atoms with E-state index in [1.165, 1.54) is 11.3 Å². The smallest absolute Gasteiger partial charge is 0.270 e. The predicted octanol–water partition coefficient (Wildman–Crippen LogP) is 0.858. The zero-order valence-corrected chi connectivity index (χ0v) is 9.37. The standard InChI is InChI=1S/C8H11N3OS2/c1-5-11-6(4-14-5)8(12)10-3-2-7(9)13/h4H,2-3H2,1H3,(H2,9,13)(H,10,12). The van der Waals surface area contributed by atoms with Crippen LogP contribution in [0.25, 0.3) is 0 Å². The molecule has 0 radical (unpaired) electrons. The molecule has 0 aliphatic heterocycles. The lowest BCUT2D eigenvalue weighted by Gasteiger charge is -2.00. The first-order valence-corrected chi connectivity index (χ1v) is 5.37. The lowest BCUT2D eigenvalue weighted by Crippen LogP contribution is -2.27. The normalized spacial score (nSPS) is 9.79. The Morgan fingerprint density at radius 1 is 1.79 bits per heavy atom. The second-order valence-electron chi connectivity index (χ2n) is 2.72. The lowest BCUT2D eigenvalue weighted by atomic mass is 10.4. The third kappa shape index (κ3) is 3.39. The number of hydrogen-bond donors (Lipinski definition) is 2. The van der Waals surface area contributed by atoms with Gasteiger partial charge in [0.2, 0.25) is 0 Å². The summed E-state index contributed by atoms with van der Waals surface area (Å²) in [5.41, 5.74) is 5.74. The number of nitrogens with two attached hydrogens (primary N) is 1. The molecule has 0 atom stereocenters. The Morgan fingerprint density at radius 3 is 3.00 bits per heavy atom. The van der Waals surface area contributed by atoms with E-state index in [-0.39, 0.29) is 5.91 Å². The Bertz CT molecular complexity index is 348. The van der Waals surface area contributed by atoms with Crippen molar-refractivity contribution in [2.45, 2.75) is 13.3 Å². The monoisotopic (exact) mass is 229 g/mol. The fraction of sp³-hybridized carbons (Fsp3) is 0.375. The second kappa shape index (κ2) is 5.02. The zero-order valence-electron chi connectivity index (χ0n) is 7.74. The van der Waals surface area contributed by atoms with Crippen molar-refractivity contribution in [1.29, 1.82) is 0 Å². The van der Waals surface area contributed by atoms with E-state index in [4.69, 9.17) is 5.73 Å². The fourth-order valence-electron chi connectivity index (χ4n) is 0.858. The molecule has 3 N–H and O–H groups in total. The van der Waals surface area contributed by atoms with Gasteiger partial charge in [-0.1, -0.05) is 12.2 Å². The van der Waals surface area contributed by atoms with Gasteiger partial charge in [-0.3, -0.25) is 4.79 Å². The molecule has 1 amide bonds. The molecule has 0 unspecified atom stereocenters. The van der Waals surface area contributed by atoms with Crippen LogP contribution in [0, 0.1) is 6.92 Å². The van der Waals surface area contributed by atoms with Gasteiger partial charge in [0.05, 0.1) is 10.00 Å². The molecule has 6 heteroatoms. The summed E-state index contributed by atoms with van der Waals surface area (Å²) in [6.45, 7) is 2.32. The van der Waals surface area contributed by atoms with E-state index in [0.29, 0.717) is 23.6 Å². The minimum atomic E-state index is -0.175. The Kier molecular flexibility index (Phi) is 3.97. The average molecular weight is 229 g/mol. The van der Waals surface area contributed by atoms with Crippen molar-refractivity contribution in [2.24, 2.45) is 5.73 Å². The second-order valence-corrected chi connectivity index (χ2v) is 4.31.